The molecule has 8 heteroatoms. The first-order valence-electron chi connectivity index (χ1n) is 12.3. The molecule has 0 atom stereocenters. The molecule has 4 rings (SSSR count). The Morgan fingerprint density at radius 2 is 1.94 bits per heavy atom. The maximum Gasteiger partial charge on any atom is 0.253 e. The van der Waals surface area contributed by atoms with E-state index >= 15 is 0 Å². The third-order valence-electron chi connectivity index (χ3n) is 6.40. The number of nitrogens with one attached hydrogen (secondary N) is 1. The number of hydrogen-bond acceptors (Lipinski definition) is 6. The maximum atomic E-state index is 13.0. The smallest absolute Gasteiger partial charge is 0.253 e. The van der Waals surface area contributed by atoms with Crippen LogP contribution < -0.4 is 10.1 Å². The Bertz CT molecular complexity index is 1210. The second-order valence-corrected chi connectivity index (χ2v) is 9.00. The van der Waals surface area contributed by atoms with Crippen LogP contribution in [0, 0.1) is 6.92 Å². The molecule has 8 nitrogen and oxygen atoms in total. The van der Waals surface area contributed by atoms with E-state index in [1.807, 2.05) is 43.0 Å². The van der Waals surface area contributed by atoms with Gasteiger partial charge in [0.1, 0.15) is 0 Å². The first kappa shape index (κ1) is 25.2. The van der Waals surface area contributed by atoms with Crippen molar-refractivity contribution in [1.29, 1.82) is 0 Å². The van der Waals surface area contributed by atoms with Crippen LogP contribution in [0.4, 0.5) is 0 Å². The Morgan fingerprint density at radius 3 is 2.67 bits per heavy atom. The summed E-state index contributed by atoms with van der Waals surface area (Å²) < 4.78 is 5.43. The number of nitrogens with zero attached hydrogens (tertiary/aromatic N) is 3. The molecule has 2 amide bonds. The average Bonchev–Trinajstić information content (AvgIpc) is 2.90. The molecule has 3 aromatic rings. The molecular formula is C28H32N4O4. The number of phenolic OH excluding ortho intramolecular Hbond substituents is 1. The number of aryl methyl sites for hydroxylation is 1. The highest BCUT2D eigenvalue weighted by molar-refractivity contribution is 5.95. The van der Waals surface area contributed by atoms with E-state index < -0.39 is 0 Å². The van der Waals surface area contributed by atoms with Gasteiger partial charge in [0.15, 0.2) is 11.5 Å². The summed E-state index contributed by atoms with van der Waals surface area (Å²) in [6.45, 7) is 5.82. The number of aromatic nitrogens is 2. The highest BCUT2D eigenvalue weighted by atomic mass is 16.5. The summed E-state index contributed by atoms with van der Waals surface area (Å²) >= 11 is 0. The van der Waals surface area contributed by atoms with Crippen molar-refractivity contribution in [2.75, 3.05) is 19.7 Å². The second-order valence-electron chi connectivity index (χ2n) is 9.00. The number of rotatable bonds is 8. The molecule has 2 aromatic heterocycles. The van der Waals surface area contributed by atoms with Gasteiger partial charge in [0.2, 0.25) is 5.91 Å². The molecule has 1 aliphatic heterocycles. The third kappa shape index (κ3) is 6.19. The van der Waals surface area contributed by atoms with Crippen LogP contribution in [-0.2, 0) is 17.8 Å². The van der Waals surface area contributed by atoms with Crippen LogP contribution in [0.2, 0.25) is 0 Å². The number of piperidine rings is 1. The Kier molecular flexibility index (Phi) is 8.15. The molecule has 0 unspecified atom stereocenters. The van der Waals surface area contributed by atoms with E-state index in [-0.39, 0.29) is 29.9 Å². The zero-order valence-electron chi connectivity index (χ0n) is 20.7. The standard InChI is InChI=1S/C28H32N4O4/c1-3-36-25-15-20(7-9-24(25)33)16-26(34)32-13-10-22(11-14-32)27-23(8-6-19(2)31-27)28(35)30-18-21-5-4-12-29-17-21/h4-9,12,15,17,22,33H,3,10-11,13-14,16,18H2,1-2H3,(H,30,35). The minimum Gasteiger partial charge on any atom is -0.504 e. The van der Waals surface area contributed by atoms with Gasteiger partial charge in [0, 0.05) is 43.6 Å². The summed E-state index contributed by atoms with van der Waals surface area (Å²) in [5, 5.41) is 12.9. The zero-order chi connectivity index (χ0) is 25.5. The molecule has 0 spiro atoms. The van der Waals surface area contributed by atoms with Crippen molar-refractivity contribution in [3.05, 3.63) is 82.9 Å². The van der Waals surface area contributed by atoms with Crippen molar-refractivity contribution in [2.24, 2.45) is 0 Å². The quantitative estimate of drug-likeness (QED) is 0.500. The van der Waals surface area contributed by atoms with Gasteiger partial charge in [-0.3, -0.25) is 19.6 Å². The largest absolute Gasteiger partial charge is 0.504 e. The van der Waals surface area contributed by atoms with E-state index in [1.165, 1.54) is 0 Å². The van der Waals surface area contributed by atoms with Gasteiger partial charge >= 0.3 is 0 Å². The Balaban J connectivity index is 1.38. The highest BCUT2D eigenvalue weighted by Gasteiger charge is 2.28. The number of pyridine rings is 2. The fourth-order valence-electron chi connectivity index (χ4n) is 4.49. The Hall–Kier alpha value is -3.94. The molecule has 0 saturated carbocycles. The molecule has 2 N–H and O–H groups in total. The van der Waals surface area contributed by atoms with Crippen LogP contribution in [0.3, 0.4) is 0 Å². The minimum atomic E-state index is -0.155. The number of carbonyl (C=O) groups excluding carboxylic acids is 2. The predicted octanol–water partition coefficient (Wildman–Crippen LogP) is 3.77. The molecule has 1 fully saturated rings. The van der Waals surface area contributed by atoms with Gasteiger partial charge in [0.25, 0.3) is 5.91 Å². The van der Waals surface area contributed by atoms with E-state index in [1.54, 1.807) is 30.6 Å². The summed E-state index contributed by atoms with van der Waals surface area (Å²) in [6, 6.07) is 12.5. The maximum absolute atomic E-state index is 13.0. The summed E-state index contributed by atoms with van der Waals surface area (Å²) in [6.07, 6.45) is 5.16. The molecule has 1 saturated heterocycles. The van der Waals surface area contributed by atoms with Crippen LogP contribution >= 0.6 is 0 Å². The molecule has 0 bridgehead atoms. The second kappa shape index (κ2) is 11.7. The van der Waals surface area contributed by atoms with Gasteiger partial charge in [-0.1, -0.05) is 12.1 Å². The fourth-order valence-corrected chi connectivity index (χ4v) is 4.49. The van der Waals surface area contributed by atoms with Gasteiger partial charge < -0.3 is 20.1 Å². The van der Waals surface area contributed by atoms with E-state index in [0.717, 1.165) is 35.4 Å². The number of benzene rings is 1. The first-order chi connectivity index (χ1) is 17.4. The summed E-state index contributed by atoms with van der Waals surface area (Å²) in [4.78, 5) is 36.6. The van der Waals surface area contributed by atoms with Crippen LogP contribution in [0.5, 0.6) is 11.5 Å². The number of amides is 2. The first-order valence-corrected chi connectivity index (χ1v) is 12.3. The van der Waals surface area contributed by atoms with Gasteiger partial charge in [0.05, 0.1) is 24.3 Å². The van der Waals surface area contributed by atoms with Crippen molar-refractivity contribution in [3.63, 3.8) is 0 Å². The van der Waals surface area contributed by atoms with Crippen molar-refractivity contribution in [3.8, 4) is 11.5 Å². The van der Waals surface area contributed by atoms with Crippen LogP contribution in [0.15, 0.2) is 54.9 Å². The monoisotopic (exact) mass is 488 g/mol. The van der Waals surface area contributed by atoms with Crippen molar-refractivity contribution in [2.45, 2.75) is 45.6 Å². The lowest BCUT2D eigenvalue weighted by Gasteiger charge is -2.32. The van der Waals surface area contributed by atoms with Crippen molar-refractivity contribution in [1.82, 2.24) is 20.2 Å². The lowest BCUT2D eigenvalue weighted by Crippen LogP contribution is -2.39. The van der Waals surface area contributed by atoms with Crippen molar-refractivity contribution >= 4 is 11.8 Å². The number of carbonyl (C=O) groups is 2. The minimum absolute atomic E-state index is 0.0354. The number of hydrogen-bond donors (Lipinski definition) is 2. The average molecular weight is 489 g/mol. The molecule has 0 aliphatic carbocycles. The summed E-state index contributed by atoms with van der Waals surface area (Å²) in [5.74, 6) is 0.443. The Morgan fingerprint density at radius 1 is 1.14 bits per heavy atom. The van der Waals surface area contributed by atoms with E-state index in [9.17, 15) is 14.7 Å². The fraction of sp³-hybridized carbons (Fsp3) is 0.357. The highest BCUT2D eigenvalue weighted by Crippen LogP contribution is 2.31. The normalized spacial score (nSPS) is 13.9. The van der Waals surface area contributed by atoms with Crippen LogP contribution in [0.25, 0.3) is 0 Å². The molecular weight excluding hydrogens is 456 g/mol. The van der Waals surface area contributed by atoms with E-state index in [0.29, 0.717) is 37.6 Å². The summed E-state index contributed by atoms with van der Waals surface area (Å²) in [5.41, 5.74) is 3.98. The molecule has 0 radical (unpaired) electrons. The van der Waals surface area contributed by atoms with E-state index in [2.05, 4.69) is 10.3 Å². The summed E-state index contributed by atoms with van der Waals surface area (Å²) in [7, 11) is 0. The SMILES string of the molecule is CCOc1cc(CC(=O)N2CCC(c3nc(C)ccc3C(=O)NCc3cccnc3)CC2)ccc1O. The topological polar surface area (TPSA) is 105 Å². The van der Waals surface area contributed by atoms with Gasteiger partial charge in [-0.2, -0.15) is 0 Å². The Labute approximate surface area is 211 Å². The molecule has 1 aromatic carbocycles. The van der Waals surface area contributed by atoms with Gasteiger partial charge in [-0.25, -0.2) is 0 Å². The molecule has 36 heavy (non-hydrogen) atoms. The predicted molar refractivity (Wildman–Crippen MR) is 136 cm³/mol. The van der Waals surface area contributed by atoms with E-state index in [4.69, 9.17) is 9.72 Å². The number of aromatic hydroxyl groups is 1. The number of likely N-dealkylation sites (tertiary alicyclic amines) is 1. The zero-order valence-corrected chi connectivity index (χ0v) is 20.7. The van der Waals surface area contributed by atoms with Crippen LogP contribution in [-0.4, -0.2) is 51.5 Å². The molecule has 188 valence electrons. The van der Waals surface area contributed by atoms with Gasteiger partial charge in [-0.15, -0.1) is 0 Å². The third-order valence-corrected chi connectivity index (χ3v) is 6.40. The molecule has 1 aliphatic rings. The lowest BCUT2D eigenvalue weighted by atomic mass is 9.89. The number of phenols is 1. The lowest BCUT2D eigenvalue weighted by molar-refractivity contribution is -0.131. The molecule has 3 heterocycles. The van der Waals surface area contributed by atoms with Crippen LogP contribution in [0.1, 0.15) is 58.6 Å². The number of ether oxygens (including phenoxy) is 1. The van der Waals surface area contributed by atoms with Gasteiger partial charge in [-0.05, 0) is 68.1 Å². The van der Waals surface area contributed by atoms with Crippen molar-refractivity contribution < 1.29 is 19.4 Å².